The molecule has 0 bridgehead atoms. The molecule has 3 heterocycles. The average molecular weight is 330 g/mol. The maximum atomic E-state index is 12.1. The molecule has 2 N–H and O–H groups in total. The van der Waals surface area contributed by atoms with E-state index in [0.717, 1.165) is 24.5 Å². The van der Waals surface area contributed by atoms with Gasteiger partial charge < -0.3 is 19.8 Å². The normalized spacial score (nSPS) is 20.8. The summed E-state index contributed by atoms with van der Waals surface area (Å²) in [5, 5.41) is 17.4. The van der Waals surface area contributed by atoms with Crippen LogP contribution in [-0.2, 0) is 6.42 Å². The summed E-state index contributed by atoms with van der Waals surface area (Å²) >= 11 is 0. The van der Waals surface area contributed by atoms with Gasteiger partial charge in [0, 0.05) is 31.9 Å². The summed E-state index contributed by atoms with van der Waals surface area (Å²) < 4.78 is 5.02. The standard InChI is InChI=1S/C17H22N4O3/c1-2-13-10-14(24-20-13)16(22)19-11-17(23)7-5-9-21(12-17)15-6-3-4-8-18-15/h3-4,6,8,10,23H,2,5,7,9,11-12H2,1H3,(H,19,22). The number of aliphatic hydroxyl groups is 1. The zero-order valence-electron chi connectivity index (χ0n) is 13.7. The van der Waals surface area contributed by atoms with Crippen LogP contribution in [0.1, 0.15) is 36.0 Å². The lowest BCUT2D eigenvalue weighted by atomic mass is 9.92. The van der Waals surface area contributed by atoms with Gasteiger partial charge in [0.15, 0.2) is 0 Å². The number of carbonyl (C=O) groups excluding carboxylic acids is 1. The van der Waals surface area contributed by atoms with Crippen LogP contribution in [0.5, 0.6) is 0 Å². The summed E-state index contributed by atoms with van der Waals surface area (Å²) in [6.45, 7) is 3.38. The van der Waals surface area contributed by atoms with E-state index in [0.29, 0.717) is 19.4 Å². The Kier molecular flexibility index (Phi) is 4.80. The van der Waals surface area contributed by atoms with Crippen LogP contribution in [0.25, 0.3) is 0 Å². The Morgan fingerprint density at radius 3 is 3.08 bits per heavy atom. The Balaban J connectivity index is 1.60. The first kappa shape index (κ1) is 16.4. The number of aromatic nitrogens is 2. The Morgan fingerprint density at radius 2 is 2.38 bits per heavy atom. The van der Waals surface area contributed by atoms with Crippen molar-refractivity contribution in [2.75, 3.05) is 24.5 Å². The minimum absolute atomic E-state index is 0.164. The molecule has 1 fully saturated rings. The molecule has 1 saturated heterocycles. The molecular weight excluding hydrogens is 308 g/mol. The number of piperidine rings is 1. The van der Waals surface area contributed by atoms with E-state index in [1.807, 2.05) is 30.0 Å². The first-order chi connectivity index (χ1) is 11.6. The molecule has 1 aliphatic rings. The van der Waals surface area contributed by atoms with Gasteiger partial charge in [-0.25, -0.2) is 4.98 Å². The van der Waals surface area contributed by atoms with E-state index in [-0.39, 0.29) is 18.2 Å². The van der Waals surface area contributed by atoms with Crippen molar-refractivity contribution in [3.8, 4) is 0 Å². The first-order valence-corrected chi connectivity index (χ1v) is 8.22. The van der Waals surface area contributed by atoms with E-state index in [1.54, 1.807) is 12.3 Å². The summed E-state index contributed by atoms with van der Waals surface area (Å²) in [5.41, 5.74) is -0.253. The lowest BCUT2D eigenvalue weighted by molar-refractivity contribution is 0.0250. The van der Waals surface area contributed by atoms with Gasteiger partial charge in [-0.2, -0.15) is 0 Å². The van der Waals surface area contributed by atoms with Crippen molar-refractivity contribution in [1.29, 1.82) is 0 Å². The van der Waals surface area contributed by atoms with Crippen LogP contribution in [0.2, 0.25) is 0 Å². The minimum Gasteiger partial charge on any atom is -0.386 e. The molecule has 128 valence electrons. The number of pyridine rings is 1. The van der Waals surface area contributed by atoms with Crippen LogP contribution < -0.4 is 10.2 Å². The topological polar surface area (TPSA) is 91.5 Å². The summed E-state index contributed by atoms with van der Waals surface area (Å²) in [6.07, 6.45) is 3.91. The van der Waals surface area contributed by atoms with E-state index in [9.17, 15) is 9.90 Å². The third-order valence-corrected chi connectivity index (χ3v) is 4.25. The molecule has 2 aromatic rings. The highest BCUT2D eigenvalue weighted by atomic mass is 16.5. The Labute approximate surface area is 140 Å². The highest BCUT2D eigenvalue weighted by molar-refractivity contribution is 5.91. The second-order valence-electron chi connectivity index (χ2n) is 6.16. The van der Waals surface area contributed by atoms with E-state index in [4.69, 9.17) is 4.52 Å². The van der Waals surface area contributed by atoms with Crippen LogP contribution in [0.3, 0.4) is 0 Å². The molecule has 0 aliphatic carbocycles. The fourth-order valence-electron chi connectivity index (χ4n) is 2.91. The second-order valence-corrected chi connectivity index (χ2v) is 6.16. The van der Waals surface area contributed by atoms with E-state index >= 15 is 0 Å². The van der Waals surface area contributed by atoms with Gasteiger partial charge in [0.05, 0.1) is 11.3 Å². The van der Waals surface area contributed by atoms with Gasteiger partial charge in [0.25, 0.3) is 5.91 Å². The van der Waals surface area contributed by atoms with Gasteiger partial charge in [-0.1, -0.05) is 18.1 Å². The van der Waals surface area contributed by atoms with Crippen molar-refractivity contribution in [1.82, 2.24) is 15.5 Å². The molecule has 7 nitrogen and oxygen atoms in total. The highest BCUT2D eigenvalue weighted by Gasteiger charge is 2.34. The van der Waals surface area contributed by atoms with Gasteiger partial charge in [0.1, 0.15) is 5.82 Å². The Morgan fingerprint density at radius 1 is 1.50 bits per heavy atom. The number of rotatable bonds is 5. The number of nitrogens with zero attached hydrogens (tertiary/aromatic N) is 3. The number of β-amino-alcohol motifs (C(OH)–C–C–N with tert-alkyl or cyclic N) is 1. The fraction of sp³-hybridized carbons (Fsp3) is 0.471. The SMILES string of the molecule is CCc1cc(C(=O)NCC2(O)CCCN(c3ccccn3)C2)on1. The number of nitrogens with one attached hydrogen (secondary N) is 1. The van der Waals surface area contributed by atoms with E-state index in [1.165, 1.54) is 0 Å². The van der Waals surface area contributed by atoms with Gasteiger partial charge in [-0.05, 0) is 31.4 Å². The summed E-state index contributed by atoms with van der Waals surface area (Å²) in [5.74, 6) is 0.656. The van der Waals surface area contributed by atoms with Crippen LogP contribution in [-0.4, -0.2) is 46.4 Å². The number of hydrogen-bond acceptors (Lipinski definition) is 6. The molecule has 1 aliphatic heterocycles. The van der Waals surface area contributed by atoms with Gasteiger partial charge >= 0.3 is 0 Å². The lowest BCUT2D eigenvalue weighted by Gasteiger charge is -2.39. The number of aryl methyl sites for hydroxylation is 1. The smallest absolute Gasteiger partial charge is 0.290 e. The number of hydrogen-bond donors (Lipinski definition) is 2. The molecule has 0 radical (unpaired) electrons. The number of amides is 1. The van der Waals surface area contributed by atoms with E-state index in [2.05, 4.69) is 15.5 Å². The molecular formula is C17H22N4O3. The second kappa shape index (κ2) is 7.00. The zero-order chi connectivity index (χ0) is 17.0. The Bertz CT molecular complexity index is 688. The van der Waals surface area contributed by atoms with E-state index < -0.39 is 5.60 Å². The van der Waals surface area contributed by atoms with Crippen LogP contribution in [0.4, 0.5) is 5.82 Å². The fourth-order valence-corrected chi connectivity index (χ4v) is 2.91. The molecule has 0 aromatic carbocycles. The zero-order valence-corrected chi connectivity index (χ0v) is 13.7. The molecule has 7 heteroatoms. The molecule has 2 aromatic heterocycles. The number of anilines is 1. The molecule has 0 spiro atoms. The minimum atomic E-state index is -0.987. The maximum absolute atomic E-state index is 12.1. The predicted molar refractivity (Wildman–Crippen MR) is 88.8 cm³/mol. The van der Waals surface area contributed by atoms with Crippen molar-refractivity contribution in [3.05, 3.63) is 41.9 Å². The van der Waals surface area contributed by atoms with Crippen LogP contribution in [0.15, 0.2) is 35.0 Å². The molecule has 1 amide bonds. The molecule has 3 rings (SSSR count). The van der Waals surface area contributed by atoms with Gasteiger partial charge in [-0.3, -0.25) is 4.79 Å². The molecule has 0 saturated carbocycles. The monoisotopic (exact) mass is 330 g/mol. The summed E-state index contributed by atoms with van der Waals surface area (Å²) in [6, 6.07) is 7.33. The first-order valence-electron chi connectivity index (χ1n) is 8.22. The highest BCUT2D eigenvalue weighted by Crippen LogP contribution is 2.24. The Hall–Kier alpha value is -2.41. The van der Waals surface area contributed by atoms with Crippen molar-refractivity contribution >= 4 is 11.7 Å². The average Bonchev–Trinajstić information content (AvgIpc) is 3.10. The third-order valence-electron chi connectivity index (χ3n) is 4.25. The maximum Gasteiger partial charge on any atom is 0.290 e. The van der Waals surface area contributed by atoms with Crippen molar-refractivity contribution in [2.45, 2.75) is 31.8 Å². The van der Waals surface area contributed by atoms with Gasteiger partial charge in [0.2, 0.25) is 5.76 Å². The van der Waals surface area contributed by atoms with Crippen molar-refractivity contribution in [2.24, 2.45) is 0 Å². The number of carbonyl (C=O) groups is 1. The van der Waals surface area contributed by atoms with Crippen LogP contribution in [0, 0.1) is 0 Å². The molecule has 24 heavy (non-hydrogen) atoms. The molecule has 1 unspecified atom stereocenters. The lowest BCUT2D eigenvalue weighted by Crippen LogP contribution is -2.54. The quantitative estimate of drug-likeness (QED) is 0.861. The van der Waals surface area contributed by atoms with Crippen LogP contribution >= 0.6 is 0 Å². The third kappa shape index (κ3) is 3.73. The predicted octanol–water partition coefficient (Wildman–Crippen LogP) is 1.39. The van der Waals surface area contributed by atoms with Crippen molar-refractivity contribution in [3.63, 3.8) is 0 Å². The van der Waals surface area contributed by atoms with Gasteiger partial charge in [-0.15, -0.1) is 0 Å². The van der Waals surface area contributed by atoms with Crippen molar-refractivity contribution < 1.29 is 14.4 Å². The largest absolute Gasteiger partial charge is 0.386 e. The summed E-state index contributed by atoms with van der Waals surface area (Å²) in [7, 11) is 0. The summed E-state index contributed by atoms with van der Waals surface area (Å²) in [4.78, 5) is 18.5. The molecule has 1 atom stereocenters.